The Bertz CT molecular complexity index is 685. The normalized spacial score (nSPS) is 17.3. The van der Waals surface area contributed by atoms with Crippen molar-refractivity contribution in [2.45, 2.75) is 32.9 Å². The first-order chi connectivity index (χ1) is 14.8. The number of rotatable bonds is 11. The van der Waals surface area contributed by atoms with Crippen LogP contribution in [-0.2, 0) is 0 Å². The van der Waals surface area contributed by atoms with Gasteiger partial charge in [0.15, 0.2) is 5.96 Å². The van der Waals surface area contributed by atoms with E-state index in [1.165, 1.54) is 4.90 Å². The number of guanidine groups is 1. The van der Waals surface area contributed by atoms with E-state index in [1.54, 1.807) is 14.0 Å². The van der Waals surface area contributed by atoms with E-state index in [4.69, 9.17) is 9.47 Å². The van der Waals surface area contributed by atoms with Gasteiger partial charge in [-0.25, -0.2) is 0 Å². The zero-order valence-corrected chi connectivity index (χ0v) is 18.7. The molecular formula is C22H35F3N4O2. The van der Waals surface area contributed by atoms with Crippen LogP contribution in [0.25, 0.3) is 0 Å². The van der Waals surface area contributed by atoms with Crippen LogP contribution in [-0.4, -0.2) is 81.5 Å². The van der Waals surface area contributed by atoms with Crippen molar-refractivity contribution in [3.63, 3.8) is 0 Å². The lowest BCUT2D eigenvalue weighted by molar-refractivity contribution is -0.146. The van der Waals surface area contributed by atoms with Gasteiger partial charge in [0.1, 0.15) is 11.5 Å². The molecule has 0 saturated carbocycles. The predicted octanol–water partition coefficient (Wildman–Crippen LogP) is 3.64. The lowest BCUT2D eigenvalue weighted by Crippen LogP contribution is -2.42. The summed E-state index contributed by atoms with van der Waals surface area (Å²) < 4.78 is 49.1. The zero-order chi connectivity index (χ0) is 22.7. The van der Waals surface area contributed by atoms with Gasteiger partial charge in [0.05, 0.1) is 20.3 Å². The van der Waals surface area contributed by atoms with Gasteiger partial charge >= 0.3 is 6.18 Å². The summed E-state index contributed by atoms with van der Waals surface area (Å²) in [5.74, 6) is 2.55. The minimum atomic E-state index is -4.16. The van der Waals surface area contributed by atoms with Gasteiger partial charge in [0.25, 0.3) is 0 Å². The van der Waals surface area contributed by atoms with Crippen molar-refractivity contribution in [1.82, 2.24) is 15.1 Å². The molecule has 31 heavy (non-hydrogen) atoms. The molecule has 2 rings (SSSR count). The SMILES string of the molecule is CCNC(=NCCCOc1cccc(OC)c1)N1CCC(CN(CC)CC(F)(F)F)C1. The number of halogens is 3. The van der Waals surface area contributed by atoms with Crippen molar-refractivity contribution < 1.29 is 22.6 Å². The average Bonchev–Trinajstić information content (AvgIpc) is 3.19. The van der Waals surface area contributed by atoms with Gasteiger partial charge < -0.3 is 19.7 Å². The highest BCUT2D eigenvalue weighted by Gasteiger charge is 2.32. The summed E-state index contributed by atoms with van der Waals surface area (Å²) >= 11 is 0. The van der Waals surface area contributed by atoms with E-state index in [-0.39, 0.29) is 5.92 Å². The summed E-state index contributed by atoms with van der Waals surface area (Å²) in [7, 11) is 1.62. The number of methoxy groups -OCH3 is 1. The largest absolute Gasteiger partial charge is 0.497 e. The maximum absolute atomic E-state index is 12.7. The Morgan fingerprint density at radius 1 is 1.29 bits per heavy atom. The van der Waals surface area contributed by atoms with Crippen LogP contribution in [0.5, 0.6) is 11.5 Å². The van der Waals surface area contributed by atoms with E-state index in [0.717, 1.165) is 49.9 Å². The summed E-state index contributed by atoms with van der Waals surface area (Å²) in [6.45, 7) is 7.23. The molecule has 1 N–H and O–H groups in total. The molecule has 176 valence electrons. The third-order valence-corrected chi connectivity index (χ3v) is 5.16. The second-order valence-electron chi connectivity index (χ2n) is 7.66. The Kier molecular flexibility index (Phi) is 10.2. The maximum Gasteiger partial charge on any atom is 0.401 e. The summed E-state index contributed by atoms with van der Waals surface area (Å²) in [6, 6.07) is 7.48. The fraction of sp³-hybridized carbons (Fsp3) is 0.682. The molecule has 1 heterocycles. The van der Waals surface area contributed by atoms with E-state index in [2.05, 4.69) is 15.2 Å². The molecule has 1 aliphatic heterocycles. The topological polar surface area (TPSA) is 49.3 Å². The molecule has 6 nitrogen and oxygen atoms in total. The third kappa shape index (κ3) is 9.25. The number of hydrogen-bond acceptors (Lipinski definition) is 4. The quantitative estimate of drug-likeness (QED) is 0.321. The first-order valence-electron chi connectivity index (χ1n) is 10.9. The van der Waals surface area contributed by atoms with E-state index in [1.807, 2.05) is 31.2 Å². The first kappa shape index (κ1) is 25.1. The summed E-state index contributed by atoms with van der Waals surface area (Å²) in [5, 5.41) is 3.30. The van der Waals surface area contributed by atoms with Crippen LogP contribution >= 0.6 is 0 Å². The van der Waals surface area contributed by atoms with Crippen LogP contribution in [0.1, 0.15) is 26.7 Å². The van der Waals surface area contributed by atoms with Gasteiger partial charge in [-0.2, -0.15) is 13.2 Å². The van der Waals surface area contributed by atoms with Gasteiger partial charge in [-0.05, 0) is 37.9 Å². The standard InChI is InChI=1S/C22H35F3N4O2/c1-4-26-21(27-11-7-13-31-20-9-6-8-19(14-20)30-3)29-12-10-18(16-29)15-28(5-2)17-22(23,24)25/h6,8-9,14,18H,4-5,7,10-13,15-17H2,1-3H3,(H,26,27). The highest BCUT2D eigenvalue weighted by atomic mass is 19.4. The number of benzene rings is 1. The van der Waals surface area contributed by atoms with Crippen molar-refractivity contribution >= 4 is 5.96 Å². The lowest BCUT2D eigenvalue weighted by atomic mass is 10.1. The number of alkyl halides is 3. The van der Waals surface area contributed by atoms with E-state index < -0.39 is 12.7 Å². The number of aliphatic imine (C=N–C) groups is 1. The van der Waals surface area contributed by atoms with Crippen molar-refractivity contribution in [1.29, 1.82) is 0 Å². The van der Waals surface area contributed by atoms with Crippen LogP contribution in [0.15, 0.2) is 29.3 Å². The van der Waals surface area contributed by atoms with Gasteiger partial charge in [-0.15, -0.1) is 0 Å². The first-order valence-corrected chi connectivity index (χ1v) is 10.9. The molecule has 1 fully saturated rings. The Hall–Kier alpha value is -2.16. The van der Waals surface area contributed by atoms with E-state index in [9.17, 15) is 13.2 Å². The molecular weight excluding hydrogens is 409 g/mol. The van der Waals surface area contributed by atoms with E-state index in [0.29, 0.717) is 26.2 Å². The number of nitrogens with zero attached hydrogens (tertiary/aromatic N) is 3. The second kappa shape index (κ2) is 12.6. The van der Waals surface area contributed by atoms with Crippen molar-refractivity contribution in [2.75, 3.05) is 59.5 Å². The molecule has 0 radical (unpaired) electrons. The van der Waals surface area contributed by atoms with Crippen LogP contribution in [0.2, 0.25) is 0 Å². The van der Waals surface area contributed by atoms with Crippen molar-refractivity contribution in [2.24, 2.45) is 10.9 Å². The Labute approximate surface area is 183 Å². The number of ether oxygens (including phenoxy) is 2. The maximum atomic E-state index is 12.7. The van der Waals surface area contributed by atoms with E-state index >= 15 is 0 Å². The fourth-order valence-corrected chi connectivity index (χ4v) is 3.65. The minimum absolute atomic E-state index is 0.211. The van der Waals surface area contributed by atoms with Crippen LogP contribution in [0, 0.1) is 5.92 Å². The monoisotopic (exact) mass is 444 g/mol. The fourth-order valence-electron chi connectivity index (χ4n) is 3.65. The Balaban J connectivity index is 1.79. The molecule has 0 aliphatic carbocycles. The van der Waals surface area contributed by atoms with Crippen LogP contribution in [0.4, 0.5) is 13.2 Å². The predicted molar refractivity (Wildman–Crippen MR) is 117 cm³/mol. The van der Waals surface area contributed by atoms with Gasteiger partial charge in [-0.1, -0.05) is 13.0 Å². The van der Waals surface area contributed by atoms with Crippen LogP contribution < -0.4 is 14.8 Å². The van der Waals surface area contributed by atoms with Gasteiger partial charge in [-0.3, -0.25) is 9.89 Å². The highest BCUT2D eigenvalue weighted by molar-refractivity contribution is 5.80. The summed E-state index contributed by atoms with van der Waals surface area (Å²) in [4.78, 5) is 8.32. The summed E-state index contributed by atoms with van der Waals surface area (Å²) in [6.07, 6.45) is -2.52. The molecule has 1 aliphatic rings. The molecule has 1 aromatic rings. The molecule has 1 atom stereocenters. The molecule has 1 unspecified atom stereocenters. The average molecular weight is 445 g/mol. The molecule has 0 spiro atoms. The van der Waals surface area contributed by atoms with Crippen LogP contribution in [0.3, 0.4) is 0 Å². The zero-order valence-electron chi connectivity index (χ0n) is 18.7. The molecule has 1 saturated heterocycles. The molecule has 0 aromatic heterocycles. The van der Waals surface area contributed by atoms with Gasteiger partial charge in [0.2, 0.25) is 0 Å². The Morgan fingerprint density at radius 3 is 2.74 bits per heavy atom. The Morgan fingerprint density at radius 2 is 2.06 bits per heavy atom. The van der Waals surface area contributed by atoms with Crippen molar-refractivity contribution in [3.8, 4) is 11.5 Å². The van der Waals surface area contributed by atoms with Crippen molar-refractivity contribution in [3.05, 3.63) is 24.3 Å². The molecule has 0 bridgehead atoms. The molecule has 9 heteroatoms. The number of hydrogen-bond donors (Lipinski definition) is 1. The summed E-state index contributed by atoms with van der Waals surface area (Å²) in [5.41, 5.74) is 0. The third-order valence-electron chi connectivity index (χ3n) is 5.16. The second-order valence-corrected chi connectivity index (χ2v) is 7.66. The minimum Gasteiger partial charge on any atom is -0.497 e. The molecule has 0 amide bonds. The molecule has 1 aromatic carbocycles. The number of likely N-dealkylation sites (tertiary alicyclic amines) is 1. The smallest absolute Gasteiger partial charge is 0.401 e. The highest BCUT2D eigenvalue weighted by Crippen LogP contribution is 2.22. The number of nitrogens with one attached hydrogen (secondary N) is 1. The van der Waals surface area contributed by atoms with Gasteiger partial charge in [0, 0.05) is 45.2 Å². The lowest BCUT2D eigenvalue weighted by Gasteiger charge is -2.26.